The molecule has 0 N–H and O–H groups in total. The predicted octanol–water partition coefficient (Wildman–Crippen LogP) is 3.38. The second-order valence-corrected chi connectivity index (χ2v) is 4.62. The van der Waals surface area contributed by atoms with Crippen LogP contribution >= 0.6 is 0 Å². The maximum Gasteiger partial charge on any atom is 0.159 e. The fourth-order valence-electron chi connectivity index (χ4n) is 1.72. The lowest BCUT2D eigenvalue weighted by Gasteiger charge is -2.09. The van der Waals surface area contributed by atoms with Crippen molar-refractivity contribution in [3.63, 3.8) is 0 Å². The van der Waals surface area contributed by atoms with Crippen molar-refractivity contribution in [2.75, 3.05) is 6.61 Å². The van der Waals surface area contributed by atoms with Gasteiger partial charge in [0.15, 0.2) is 5.78 Å². The van der Waals surface area contributed by atoms with Gasteiger partial charge in [0.1, 0.15) is 5.75 Å². The van der Waals surface area contributed by atoms with Gasteiger partial charge in [0.25, 0.3) is 0 Å². The van der Waals surface area contributed by atoms with E-state index in [0.29, 0.717) is 0 Å². The van der Waals surface area contributed by atoms with Gasteiger partial charge in [0, 0.05) is 5.56 Å². The van der Waals surface area contributed by atoms with Gasteiger partial charge in [-0.05, 0) is 37.8 Å². The normalized spacial score (nSPS) is 14.9. The van der Waals surface area contributed by atoms with Crippen molar-refractivity contribution < 1.29 is 9.53 Å². The van der Waals surface area contributed by atoms with Crippen molar-refractivity contribution in [2.24, 2.45) is 5.92 Å². The lowest BCUT2D eigenvalue weighted by molar-refractivity contribution is 0.101. The summed E-state index contributed by atoms with van der Waals surface area (Å²) in [4.78, 5) is 11.2. The van der Waals surface area contributed by atoms with Gasteiger partial charge in [-0.25, -0.2) is 0 Å². The number of Topliss-reactive ketones (excluding diaryl/α,β-unsaturated/α-hetero) is 1. The number of ketones is 1. The zero-order chi connectivity index (χ0) is 11.5. The summed E-state index contributed by atoms with van der Waals surface area (Å²) >= 11 is 0. The van der Waals surface area contributed by atoms with E-state index in [9.17, 15) is 4.79 Å². The number of carbonyl (C=O) groups is 1. The van der Waals surface area contributed by atoms with Gasteiger partial charge in [0.2, 0.25) is 0 Å². The molecule has 0 aromatic heterocycles. The van der Waals surface area contributed by atoms with Crippen molar-refractivity contribution >= 4 is 5.78 Å². The Morgan fingerprint density at radius 1 is 1.44 bits per heavy atom. The first-order valence-electron chi connectivity index (χ1n) is 5.91. The molecule has 0 atom stereocenters. The molecule has 0 unspecified atom stereocenters. The Morgan fingerprint density at radius 3 is 2.81 bits per heavy atom. The molecule has 1 aromatic carbocycles. The summed E-state index contributed by atoms with van der Waals surface area (Å²) in [6, 6.07) is 5.65. The molecule has 0 spiro atoms. The first-order chi connectivity index (χ1) is 7.66. The summed E-state index contributed by atoms with van der Waals surface area (Å²) in [6.07, 6.45) is 3.86. The molecule has 1 fully saturated rings. The van der Waals surface area contributed by atoms with Gasteiger partial charge in [-0.2, -0.15) is 0 Å². The van der Waals surface area contributed by atoms with Crippen LogP contribution in [0, 0.1) is 12.8 Å². The van der Waals surface area contributed by atoms with E-state index in [1.54, 1.807) is 6.92 Å². The summed E-state index contributed by atoms with van der Waals surface area (Å²) in [5.41, 5.74) is 1.83. The first kappa shape index (κ1) is 11.2. The highest BCUT2D eigenvalue weighted by atomic mass is 16.5. The number of hydrogen-bond acceptors (Lipinski definition) is 2. The van der Waals surface area contributed by atoms with Crippen molar-refractivity contribution in [1.29, 1.82) is 0 Å². The van der Waals surface area contributed by atoms with E-state index < -0.39 is 0 Å². The third-order valence-corrected chi connectivity index (χ3v) is 3.08. The molecule has 0 heterocycles. The maximum absolute atomic E-state index is 11.2. The van der Waals surface area contributed by atoms with E-state index in [-0.39, 0.29) is 5.78 Å². The van der Waals surface area contributed by atoms with Gasteiger partial charge in [-0.15, -0.1) is 0 Å². The Morgan fingerprint density at radius 2 is 2.19 bits per heavy atom. The summed E-state index contributed by atoms with van der Waals surface area (Å²) in [7, 11) is 0. The van der Waals surface area contributed by atoms with Crippen LogP contribution in [-0.4, -0.2) is 12.4 Å². The Labute approximate surface area is 96.6 Å². The molecule has 2 nitrogen and oxygen atoms in total. The van der Waals surface area contributed by atoms with Crippen LogP contribution in [0.15, 0.2) is 18.2 Å². The molecule has 16 heavy (non-hydrogen) atoms. The van der Waals surface area contributed by atoms with Crippen LogP contribution in [0.25, 0.3) is 0 Å². The number of rotatable bonds is 5. The molecular weight excluding hydrogens is 200 g/mol. The molecule has 0 saturated heterocycles. The van der Waals surface area contributed by atoms with Crippen LogP contribution in [0.3, 0.4) is 0 Å². The first-order valence-corrected chi connectivity index (χ1v) is 5.91. The average Bonchev–Trinajstić information content (AvgIpc) is 3.04. The third-order valence-electron chi connectivity index (χ3n) is 3.08. The Hall–Kier alpha value is -1.31. The van der Waals surface area contributed by atoms with Gasteiger partial charge in [0.05, 0.1) is 6.61 Å². The number of hydrogen-bond donors (Lipinski definition) is 0. The van der Waals surface area contributed by atoms with Gasteiger partial charge >= 0.3 is 0 Å². The molecule has 1 aliphatic carbocycles. The van der Waals surface area contributed by atoms with E-state index in [2.05, 4.69) is 0 Å². The number of aryl methyl sites for hydroxylation is 1. The van der Waals surface area contributed by atoms with Crippen LogP contribution in [0.1, 0.15) is 42.1 Å². The molecule has 2 rings (SSSR count). The summed E-state index contributed by atoms with van der Waals surface area (Å²) in [6.45, 7) is 4.36. The predicted molar refractivity (Wildman–Crippen MR) is 64.0 cm³/mol. The minimum Gasteiger partial charge on any atom is -0.493 e. The molecule has 1 aromatic rings. The monoisotopic (exact) mass is 218 g/mol. The SMILES string of the molecule is CC(=O)c1ccc(C)c(OCCC2CC2)c1. The minimum atomic E-state index is 0.0899. The summed E-state index contributed by atoms with van der Waals surface area (Å²) < 4.78 is 5.73. The minimum absolute atomic E-state index is 0.0899. The third kappa shape index (κ3) is 2.84. The fraction of sp³-hybridized carbons (Fsp3) is 0.500. The molecule has 0 amide bonds. The smallest absolute Gasteiger partial charge is 0.159 e. The van der Waals surface area contributed by atoms with Crippen molar-refractivity contribution in [3.8, 4) is 5.75 Å². The lowest BCUT2D eigenvalue weighted by atomic mass is 10.1. The lowest BCUT2D eigenvalue weighted by Crippen LogP contribution is -2.01. The molecule has 86 valence electrons. The van der Waals surface area contributed by atoms with Crippen LogP contribution in [0.4, 0.5) is 0 Å². The molecule has 1 saturated carbocycles. The number of carbonyl (C=O) groups excluding carboxylic acids is 1. The van der Waals surface area contributed by atoms with E-state index in [4.69, 9.17) is 4.74 Å². The van der Waals surface area contributed by atoms with Gasteiger partial charge < -0.3 is 4.74 Å². The maximum atomic E-state index is 11.2. The highest BCUT2D eigenvalue weighted by molar-refractivity contribution is 5.94. The van der Waals surface area contributed by atoms with E-state index in [1.807, 2.05) is 25.1 Å². The van der Waals surface area contributed by atoms with E-state index in [1.165, 1.54) is 12.8 Å². The second kappa shape index (κ2) is 4.69. The molecule has 2 heteroatoms. The highest BCUT2D eigenvalue weighted by Gasteiger charge is 2.20. The van der Waals surface area contributed by atoms with Crippen molar-refractivity contribution in [1.82, 2.24) is 0 Å². The molecule has 1 aliphatic rings. The second-order valence-electron chi connectivity index (χ2n) is 4.62. The van der Waals surface area contributed by atoms with Crippen molar-refractivity contribution in [2.45, 2.75) is 33.1 Å². The molecular formula is C14H18O2. The standard InChI is InChI=1S/C14H18O2/c1-10-3-6-13(11(2)15)9-14(10)16-8-7-12-4-5-12/h3,6,9,12H,4-5,7-8H2,1-2H3. The molecule has 0 radical (unpaired) electrons. The zero-order valence-electron chi connectivity index (χ0n) is 9.95. The van der Waals surface area contributed by atoms with Crippen molar-refractivity contribution in [3.05, 3.63) is 29.3 Å². The fourth-order valence-corrected chi connectivity index (χ4v) is 1.72. The zero-order valence-corrected chi connectivity index (χ0v) is 9.95. The molecule has 0 bridgehead atoms. The van der Waals surface area contributed by atoms with Crippen LogP contribution in [0.2, 0.25) is 0 Å². The number of ether oxygens (including phenoxy) is 1. The van der Waals surface area contributed by atoms with E-state index in [0.717, 1.165) is 35.8 Å². The quantitative estimate of drug-likeness (QED) is 0.708. The van der Waals surface area contributed by atoms with Crippen LogP contribution in [0.5, 0.6) is 5.75 Å². The topological polar surface area (TPSA) is 26.3 Å². The number of benzene rings is 1. The van der Waals surface area contributed by atoms with Crippen LogP contribution in [-0.2, 0) is 0 Å². The highest BCUT2D eigenvalue weighted by Crippen LogP contribution is 2.32. The van der Waals surface area contributed by atoms with E-state index >= 15 is 0 Å². The Bertz CT molecular complexity index is 392. The average molecular weight is 218 g/mol. The summed E-state index contributed by atoms with van der Waals surface area (Å²) in [5, 5.41) is 0. The van der Waals surface area contributed by atoms with Gasteiger partial charge in [-0.1, -0.05) is 25.0 Å². The Kier molecular flexibility index (Phi) is 3.28. The van der Waals surface area contributed by atoms with Crippen LogP contribution < -0.4 is 4.74 Å². The van der Waals surface area contributed by atoms with Gasteiger partial charge in [-0.3, -0.25) is 4.79 Å². The molecule has 0 aliphatic heterocycles. The summed E-state index contributed by atoms with van der Waals surface area (Å²) in [5.74, 6) is 1.83. The Balaban J connectivity index is 1.99. The largest absolute Gasteiger partial charge is 0.493 e.